The number of carboxylic acids is 1. The van der Waals surface area contributed by atoms with Gasteiger partial charge in [-0.1, -0.05) is 32.9 Å². The van der Waals surface area contributed by atoms with Crippen LogP contribution >= 0.6 is 0 Å². The minimum atomic E-state index is -0.950. The number of hydrogen-bond donors (Lipinski definition) is 1. The van der Waals surface area contributed by atoms with E-state index in [1.807, 2.05) is 6.07 Å². The number of nitrogens with zero attached hydrogens (tertiary/aromatic N) is 2. The molecular weight excluding hydrogens is 367 g/mol. The van der Waals surface area contributed by atoms with Crippen molar-refractivity contribution in [2.45, 2.75) is 52.5 Å². The van der Waals surface area contributed by atoms with E-state index < -0.39 is 5.97 Å². The van der Waals surface area contributed by atoms with Crippen molar-refractivity contribution in [1.82, 2.24) is 9.55 Å². The average Bonchev–Trinajstić information content (AvgIpc) is 2.98. The van der Waals surface area contributed by atoms with Crippen molar-refractivity contribution in [3.63, 3.8) is 0 Å². The van der Waals surface area contributed by atoms with Crippen molar-refractivity contribution in [1.29, 1.82) is 0 Å². The van der Waals surface area contributed by atoms with Crippen LogP contribution in [0.1, 0.15) is 67.8 Å². The Morgan fingerprint density at radius 2 is 1.93 bits per heavy atom. The third kappa shape index (κ3) is 4.04. The van der Waals surface area contributed by atoms with Gasteiger partial charge in [0.25, 0.3) is 0 Å². The lowest BCUT2D eigenvalue weighted by Crippen LogP contribution is -2.30. The molecule has 4 nitrogen and oxygen atoms in total. The highest BCUT2D eigenvalue weighted by Crippen LogP contribution is 2.45. The minimum Gasteiger partial charge on any atom is -0.478 e. The molecule has 0 saturated heterocycles. The summed E-state index contributed by atoms with van der Waals surface area (Å²) in [5, 5.41) is 9.36. The summed E-state index contributed by atoms with van der Waals surface area (Å²) < 4.78 is 15.6. The Kier molecular flexibility index (Phi) is 4.93. The van der Waals surface area contributed by atoms with Crippen LogP contribution in [0.5, 0.6) is 0 Å². The molecule has 0 radical (unpaired) electrons. The van der Waals surface area contributed by atoms with Crippen molar-refractivity contribution in [3.05, 3.63) is 65.2 Å². The van der Waals surface area contributed by atoms with Crippen LogP contribution < -0.4 is 0 Å². The molecule has 0 spiro atoms. The zero-order valence-electron chi connectivity index (χ0n) is 17.2. The molecule has 0 aliphatic heterocycles. The van der Waals surface area contributed by atoms with Gasteiger partial charge < -0.3 is 9.67 Å². The predicted octanol–water partition coefficient (Wildman–Crippen LogP) is 5.85. The fourth-order valence-corrected chi connectivity index (χ4v) is 5.09. The van der Waals surface area contributed by atoms with Crippen LogP contribution in [-0.2, 0) is 6.42 Å². The number of aromatic carboxylic acids is 1. The maximum Gasteiger partial charge on any atom is 0.335 e. The Morgan fingerprint density at radius 1 is 1.21 bits per heavy atom. The van der Waals surface area contributed by atoms with Gasteiger partial charge in [0.05, 0.1) is 16.6 Å². The molecule has 2 aromatic carbocycles. The Balaban J connectivity index is 1.82. The maximum absolute atomic E-state index is 13.3. The number of carboxylic acid groups (broad SMARTS) is 1. The second kappa shape index (κ2) is 7.29. The Hall–Kier alpha value is -2.69. The number of hydrogen-bond acceptors (Lipinski definition) is 2. The zero-order chi connectivity index (χ0) is 20.8. The van der Waals surface area contributed by atoms with Gasteiger partial charge in [0.15, 0.2) is 0 Å². The van der Waals surface area contributed by atoms with E-state index in [4.69, 9.17) is 4.98 Å². The van der Waals surface area contributed by atoms with Gasteiger partial charge in [-0.2, -0.15) is 0 Å². The highest BCUT2D eigenvalue weighted by Gasteiger charge is 2.34. The van der Waals surface area contributed by atoms with Crippen LogP contribution in [0.3, 0.4) is 0 Å². The molecule has 1 saturated carbocycles. The summed E-state index contributed by atoms with van der Waals surface area (Å²) in [6, 6.07) is 12.0. The molecule has 152 valence electrons. The lowest BCUT2D eigenvalue weighted by atomic mass is 9.70. The first kappa shape index (κ1) is 19.6. The smallest absolute Gasteiger partial charge is 0.335 e. The number of halogens is 1. The lowest BCUT2D eigenvalue weighted by molar-refractivity contribution is 0.0697. The molecule has 5 heteroatoms. The van der Waals surface area contributed by atoms with Gasteiger partial charge in [0.1, 0.15) is 11.6 Å². The number of fused-ring (bicyclic) bond motifs is 1. The molecule has 3 aromatic rings. The monoisotopic (exact) mass is 394 g/mol. The molecule has 1 fully saturated rings. The van der Waals surface area contributed by atoms with Crippen LogP contribution in [0.15, 0.2) is 42.5 Å². The fourth-order valence-electron chi connectivity index (χ4n) is 5.09. The summed E-state index contributed by atoms with van der Waals surface area (Å²) in [6.45, 7) is 6.93. The second-order valence-corrected chi connectivity index (χ2v) is 9.28. The highest BCUT2D eigenvalue weighted by molar-refractivity contribution is 5.92. The van der Waals surface area contributed by atoms with Crippen LogP contribution in [0.4, 0.5) is 4.39 Å². The SMILES string of the molecule is C[C@H]1C[C@@H](n2c(Cc3ccc(F)cc3)nc3cc(C(=O)O)ccc32)CC(C)(C)C1. The van der Waals surface area contributed by atoms with Crippen molar-refractivity contribution in [2.24, 2.45) is 11.3 Å². The standard InChI is InChI=1S/C24H27FN2O2/c1-15-10-19(14-24(2,3)13-15)27-21-9-6-17(23(28)29)12-20(21)26-22(27)11-16-4-7-18(25)8-5-16/h4-9,12,15,19H,10-11,13-14H2,1-3H3,(H,28,29)/t15-,19+/m0/s1. The maximum atomic E-state index is 13.3. The molecule has 0 unspecified atom stereocenters. The Bertz CT molecular complexity index is 1050. The number of aromatic nitrogens is 2. The van der Waals surface area contributed by atoms with Crippen LogP contribution in [0, 0.1) is 17.2 Å². The average molecular weight is 394 g/mol. The van der Waals surface area contributed by atoms with E-state index in [-0.39, 0.29) is 16.8 Å². The molecular formula is C24H27FN2O2. The van der Waals surface area contributed by atoms with E-state index in [0.717, 1.165) is 29.7 Å². The molecule has 0 bridgehead atoms. The Labute approximate surface area is 170 Å². The summed E-state index contributed by atoms with van der Waals surface area (Å²) in [7, 11) is 0. The van der Waals surface area contributed by atoms with Gasteiger partial charge in [-0.05, 0) is 66.5 Å². The summed E-state index contributed by atoms with van der Waals surface area (Å²) in [6.07, 6.45) is 3.92. The Morgan fingerprint density at radius 3 is 2.59 bits per heavy atom. The molecule has 1 aromatic heterocycles. The molecule has 29 heavy (non-hydrogen) atoms. The number of carbonyl (C=O) groups is 1. The van der Waals surface area contributed by atoms with Gasteiger partial charge in [-0.25, -0.2) is 14.2 Å². The van der Waals surface area contributed by atoms with Crippen LogP contribution in [0.25, 0.3) is 11.0 Å². The van der Waals surface area contributed by atoms with E-state index in [1.165, 1.54) is 18.6 Å². The van der Waals surface area contributed by atoms with Gasteiger partial charge in [-0.3, -0.25) is 0 Å². The normalized spacial score (nSPS) is 21.4. The molecule has 1 aliphatic carbocycles. The van der Waals surface area contributed by atoms with Crippen molar-refractivity contribution < 1.29 is 14.3 Å². The van der Waals surface area contributed by atoms with E-state index in [2.05, 4.69) is 25.3 Å². The molecule has 4 rings (SSSR count). The quantitative estimate of drug-likeness (QED) is 0.604. The molecule has 1 aliphatic rings. The van der Waals surface area contributed by atoms with E-state index in [1.54, 1.807) is 24.3 Å². The first-order valence-electron chi connectivity index (χ1n) is 10.2. The van der Waals surface area contributed by atoms with Crippen molar-refractivity contribution in [2.75, 3.05) is 0 Å². The van der Waals surface area contributed by atoms with E-state index in [0.29, 0.717) is 23.9 Å². The van der Waals surface area contributed by atoms with Gasteiger partial charge in [0, 0.05) is 12.5 Å². The highest BCUT2D eigenvalue weighted by atomic mass is 19.1. The molecule has 2 atom stereocenters. The summed E-state index contributed by atoms with van der Waals surface area (Å²) in [5.41, 5.74) is 3.16. The van der Waals surface area contributed by atoms with Crippen LogP contribution in [-0.4, -0.2) is 20.6 Å². The molecule has 1 heterocycles. The predicted molar refractivity (Wildman–Crippen MR) is 112 cm³/mol. The lowest BCUT2D eigenvalue weighted by Gasteiger charge is -2.40. The number of rotatable bonds is 4. The first-order valence-corrected chi connectivity index (χ1v) is 10.2. The summed E-state index contributed by atoms with van der Waals surface area (Å²) >= 11 is 0. The minimum absolute atomic E-state index is 0.243. The van der Waals surface area contributed by atoms with Crippen molar-refractivity contribution in [3.8, 4) is 0 Å². The zero-order valence-corrected chi connectivity index (χ0v) is 17.2. The summed E-state index contributed by atoms with van der Waals surface area (Å²) in [4.78, 5) is 16.2. The van der Waals surface area contributed by atoms with Crippen molar-refractivity contribution >= 4 is 17.0 Å². The molecule has 1 N–H and O–H groups in total. The van der Waals surface area contributed by atoms with Gasteiger partial charge in [-0.15, -0.1) is 0 Å². The second-order valence-electron chi connectivity index (χ2n) is 9.28. The number of imidazole rings is 1. The number of benzene rings is 2. The van der Waals surface area contributed by atoms with Gasteiger partial charge >= 0.3 is 5.97 Å². The van der Waals surface area contributed by atoms with Gasteiger partial charge in [0.2, 0.25) is 0 Å². The summed E-state index contributed by atoms with van der Waals surface area (Å²) in [5.74, 6) is 0.312. The van der Waals surface area contributed by atoms with Crippen LogP contribution in [0.2, 0.25) is 0 Å². The largest absolute Gasteiger partial charge is 0.478 e. The fraction of sp³-hybridized carbons (Fsp3) is 0.417. The van der Waals surface area contributed by atoms with E-state index in [9.17, 15) is 14.3 Å². The van der Waals surface area contributed by atoms with E-state index >= 15 is 0 Å². The topological polar surface area (TPSA) is 55.1 Å². The third-order valence-electron chi connectivity index (χ3n) is 6.01. The molecule has 0 amide bonds. The third-order valence-corrected chi connectivity index (χ3v) is 6.01. The first-order chi connectivity index (χ1) is 13.7.